The van der Waals surface area contributed by atoms with Crippen molar-refractivity contribution < 1.29 is 33.8 Å². The van der Waals surface area contributed by atoms with Gasteiger partial charge in [-0.1, -0.05) is 95.1 Å². The van der Waals surface area contributed by atoms with Crippen molar-refractivity contribution >= 4 is 35.0 Å². The number of carbonyl (C=O) groups is 4. The number of carboxylic acid groups (broad SMARTS) is 1. The van der Waals surface area contributed by atoms with E-state index in [4.69, 9.17) is 9.47 Å². The molecule has 0 saturated carbocycles. The molecule has 2 heterocycles. The van der Waals surface area contributed by atoms with Crippen molar-refractivity contribution in [3.63, 3.8) is 0 Å². The van der Waals surface area contributed by atoms with Gasteiger partial charge in [0.15, 0.2) is 0 Å². The summed E-state index contributed by atoms with van der Waals surface area (Å²) in [6.45, 7) is 11.4. The van der Waals surface area contributed by atoms with Crippen molar-refractivity contribution in [3.05, 3.63) is 87.4 Å². The Morgan fingerprint density at radius 2 is 1.77 bits per heavy atom. The van der Waals surface area contributed by atoms with E-state index in [1.165, 1.54) is 18.4 Å². The maximum Gasteiger partial charge on any atom is 0.311 e. The number of carbonyl (C=O) groups excluding carboxylic acids is 3. The zero-order valence-electron chi connectivity index (χ0n) is 34.0. The van der Waals surface area contributed by atoms with Crippen LogP contribution in [0.2, 0.25) is 0 Å². The Bertz CT molecular complexity index is 1720. The first kappa shape index (κ1) is 44.5. The largest absolute Gasteiger partial charge is 0.481 e. The molecule has 12 nitrogen and oxygen atoms in total. The van der Waals surface area contributed by atoms with E-state index in [1.54, 1.807) is 11.4 Å². The maximum absolute atomic E-state index is 14.9. The average molecular weight is 792 g/mol. The van der Waals surface area contributed by atoms with E-state index in [0.29, 0.717) is 24.4 Å². The minimum atomic E-state index is -0.947. The molecular formula is C43H61N5O7S. The van der Waals surface area contributed by atoms with Gasteiger partial charge in [0, 0.05) is 38.0 Å². The summed E-state index contributed by atoms with van der Waals surface area (Å²) in [6, 6.07) is 15.8. The van der Waals surface area contributed by atoms with Crippen molar-refractivity contribution in [2.24, 2.45) is 11.8 Å². The van der Waals surface area contributed by atoms with E-state index >= 15 is 0 Å². The highest BCUT2D eigenvalue weighted by Crippen LogP contribution is 2.32. The van der Waals surface area contributed by atoms with Gasteiger partial charge in [-0.25, -0.2) is 4.98 Å². The van der Waals surface area contributed by atoms with E-state index in [9.17, 15) is 24.3 Å². The van der Waals surface area contributed by atoms with Crippen LogP contribution in [0.1, 0.15) is 110 Å². The van der Waals surface area contributed by atoms with Crippen molar-refractivity contribution in [2.75, 3.05) is 34.0 Å². The van der Waals surface area contributed by atoms with Crippen molar-refractivity contribution in [1.29, 1.82) is 0 Å². The van der Waals surface area contributed by atoms with Crippen LogP contribution in [0.15, 0.2) is 60.0 Å². The maximum atomic E-state index is 14.9. The SMILES string of the molecule is CCC(C)C(NC(=O)C1CCCCN1C)C(=O)N(Cc1ccccc1)[C@H](C[C@@H](OCOC)c1nc(C(=O)NCC[C@@H](C(=O)O)c2ccccc2C)cs1)C(C)C. The van der Waals surface area contributed by atoms with E-state index in [-0.39, 0.29) is 61.2 Å². The molecule has 1 saturated heterocycles. The monoisotopic (exact) mass is 791 g/mol. The highest BCUT2D eigenvalue weighted by atomic mass is 32.1. The Kier molecular flexibility index (Phi) is 17.5. The van der Waals surface area contributed by atoms with Crippen LogP contribution >= 0.6 is 11.3 Å². The second-order valence-corrected chi connectivity index (χ2v) is 16.2. The number of amides is 3. The number of aryl methyl sites for hydroxylation is 1. The van der Waals surface area contributed by atoms with Gasteiger partial charge in [0.2, 0.25) is 11.8 Å². The Morgan fingerprint density at radius 3 is 2.41 bits per heavy atom. The van der Waals surface area contributed by atoms with Crippen LogP contribution in [0.25, 0.3) is 0 Å². The number of nitrogens with zero attached hydrogens (tertiary/aromatic N) is 3. The number of methoxy groups -OCH3 is 1. The number of likely N-dealkylation sites (N-methyl/N-ethyl adjacent to an activating group) is 1. The Balaban J connectivity index is 1.58. The summed E-state index contributed by atoms with van der Waals surface area (Å²) in [6.07, 6.45) is 3.45. The topological polar surface area (TPSA) is 150 Å². The minimum Gasteiger partial charge on any atom is -0.481 e. The summed E-state index contributed by atoms with van der Waals surface area (Å²) in [7, 11) is 3.50. The number of nitrogens with one attached hydrogen (secondary N) is 2. The van der Waals surface area contributed by atoms with Gasteiger partial charge in [-0.05, 0) is 68.3 Å². The van der Waals surface area contributed by atoms with E-state index in [2.05, 4.69) is 34.4 Å². The molecule has 3 amide bonds. The van der Waals surface area contributed by atoms with Crippen LogP contribution in [0.5, 0.6) is 0 Å². The van der Waals surface area contributed by atoms with Gasteiger partial charge in [-0.15, -0.1) is 11.3 Å². The molecular weight excluding hydrogens is 731 g/mol. The highest BCUT2D eigenvalue weighted by molar-refractivity contribution is 7.09. The summed E-state index contributed by atoms with van der Waals surface area (Å²) in [5.74, 6) is -2.52. The third kappa shape index (κ3) is 12.2. The summed E-state index contributed by atoms with van der Waals surface area (Å²) < 4.78 is 11.6. The van der Waals surface area contributed by atoms with Gasteiger partial charge in [0.05, 0.1) is 12.0 Å². The van der Waals surface area contributed by atoms with Crippen molar-refractivity contribution in [1.82, 2.24) is 25.4 Å². The molecule has 1 aliphatic heterocycles. The summed E-state index contributed by atoms with van der Waals surface area (Å²) in [5.41, 5.74) is 2.76. The lowest BCUT2D eigenvalue weighted by Crippen LogP contribution is -2.58. The second kappa shape index (κ2) is 21.9. The molecule has 3 aromatic rings. The molecule has 1 aliphatic rings. The van der Waals surface area contributed by atoms with Crippen molar-refractivity contribution in [2.45, 2.75) is 110 Å². The normalized spacial score (nSPS) is 17.4. The number of benzene rings is 2. The third-order valence-electron chi connectivity index (χ3n) is 11.0. The lowest BCUT2D eigenvalue weighted by Gasteiger charge is -2.40. The number of aliphatic carboxylic acids is 1. The number of thiazole rings is 1. The molecule has 3 N–H and O–H groups in total. The van der Waals surface area contributed by atoms with Gasteiger partial charge >= 0.3 is 5.97 Å². The van der Waals surface area contributed by atoms with Crippen LogP contribution in [-0.2, 0) is 30.4 Å². The van der Waals surface area contributed by atoms with Crippen LogP contribution < -0.4 is 10.6 Å². The number of hydrogen-bond donors (Lipinski definition) is 3. The molecule has 2 aromatic carbocycles. The molecule has 1 fully saturated rings. The summed E-state index contributed by atoms with van der Waals surface area (Å²) in [4.78, 5) is 62.8. The molecule has 1 aromatic heterocycles. The molecule has 56 heavy (non-hydrogen) atoms. The fourth-order valence-electron chi connectivity index (χ4n) is 7.38. The quantitative estimate of drug-likeness (QED) is 0.102. The number of ether oxygens (including phenoxy) is 2. The van der Waals surface area contributed by atoms with Gasteiger partial charge in [0.25, 0.3) is 5.91 Å². The molecule has 306 valence electrons. The predicted octanol–water partition coefficient (Wildman–Crippen LogP) is 6.56. The fourth-order valence-corrected chi connectivity index (χ4v) is 8.23. The Hall–Kier alpha value is -4.17. The van der Waals surface area contributed by atoms with Crippen LogP contribution in [-0.4, -0.2) is 95.7 Å². The predicted molar refractivity (Wildman–Crippen MR) is 218 cm³/mol. The lowest BCUT2D eigenvalue weighted by atomic mass is 9.91. The number of rotatable bonds is 21. The minimum absolute atomic E-state index is 0.0211. The molecule has 0 bridgehead atoms. The fraction of sp³-hybridized carbons (Fsp3) is 0.558. The van der Waals surface area contributed by atoms with Crippen LogP contribution in [0, 0.1) is 18.8 Å². The van der Waals surface area contributed by atoms with Crippen molar-refractivity contribution in [3.8, 4) is 0 Å². The Morgan fingerprint density at radius 1 is 1.05 bits per heavy atom. The number of carboxylic acids is 1. The number of aromatic nitrogens is 1. The summed E-state index contributed by atoms with van der Waals surface area (Å²) >= 11 is 1.29. The zero-order chi connectivity index (χ0) is 40.8. The van der Waals surface area contributed by atoms with Crippen LogP contribution in [0.4, 0.5) is 0 Å². The molecule has 6 atom stereocenters. The number of likely N-dealkylation sites (tertiary alicyclic amines) is 1. The summed E-state index contributed by atoms with van der Waals surface area (Å²) in [5, 5.41) is 18.2. The average Bonchev–Trinajstić information content (AvgIpc) is 3.68. The smallest absolute Gasteiger partial charge is 0.311 e. The molecule has 0 aliphatic carbocycles. The first-order chi connectivity index (χ1) is 26.9. The molecule has 3 unspecified atom stereocenters. The van der Waals surface area contributed by atoms with Crippen LogP contribution in [0.3, 0.4) is 0 Å². The number of hydrogen-bond acceptors (Lipinski definition) is 9. The van der Waals surface area contributed by atoms with E-state index in [1.807, 2.05) is 81.2 Å². The highest BCUT2D eigenvalue weighted by Gasteiger charge is 2.38. The van der Waals surface area contributed by atoms with E-state index in [0.717, 1.165) is 42.5 Å². The molecule has 4 rings (SSSR count). The Labute approximate surface area is 336 Å². The molecule has 0 spiro atoms. The standard InChI is InChI=1S/C43H61N5O7S/c1-8-29(4)38(46-40(50)35-20-14-15-23-47(35)6)42(51)48(25-31-17-10-9-11-18-31)36(28(2)3)24-37(55-27-54-7)41-45-34(26-56-41)39(49)44-22-21-33(43(52)53)32-19-13-12-16-30(32)5/h9-13,16-19,26,28-29,33,35-38H,8,14-15,20-25,27H2,1-7H3,(H,44,49)(H,46,50)(H,52,53)/t29?,33-,35?,36-,37-,38?/m1/s1. The van der Waals surface area contributed by atoms with Gasteiger partial charge in [0.1, 0.15) is 29.6 Å². The first-order valence-corrected chi connectivity index (χ1v) is 20.7. The van der Waals surface area contributed by atoms with Gasteiger partial charge in [-0.3, -0.25) is 24.1 Å². The first-order valence-electron chi connectivity index (χ1n) is 19.8. The number of piperidine rings is 1. The zero-order valence-corrected chi connectivity index (χ0v) is 34.8. The third-order valence-corrected chi connectivity index (χ3v) is 11.9. The van der Waals surface area contributed by atoms with Gasteiger partial charge in [-0.2, -0.15) is 0 Å². The lowest BCUT2D eigenvalue weighted by molar-refractivity contribution is -0.144. The second-order valence-electron chi connectivity index (χ2n) is 15.3. The van der Waals surface area contributed by atoms with E-state index < -0.39 is 29.9 Å². The molecule has 13 heteroatoms. The molecule has 0 radical (unpaired) electrons. The van der Waals surface area contributed by atoms with Gasteiger partial charge < -0.3 is 30.1 Å².